The Bertz CT molecular complexity index is 523. The van der Waals surface area contributed by atoms with Crippen LogP contribution in [0.15, 0.2) is 36.4 Å². The van der Waals surface area contributed by atoms with E-state index in [1.54, 1.807) is 31.2 Å². The monoisotopic (exact) mass is 262 g/mol. The average Bonchev–Trinajstić information content (AvgIpc) is 2.36. The van der Waals surface area contributed by atoms with Crippen molar-refractivity contribution in [2.24, 2.45) is 0 Å². The van der Waals surface area contributed by atoms with Crippen LogP contribution in [0.5, 0.6) is 0 Å². The SMILES string of the molecule is CCC(=O)Nc1cccc(NC(=O)/C=C/C(=O)O)c1. The number of hydrogen-bond acceptors (Lipinski definition) is 3. The van der Waals surface area contributed by atoms with E-state index in [1.165, 1.54) is 0 Å². The molecular formula is C13H14N2O4. The Kier molecular flexibility index (Phi) is 5.28. The molecule has 19 heavy (non-hydrogen) atoms. The molecule has 0 aliphatic heterocycles. The molecule has 2 amide bonds. The van der Waals surface area contributed by atoms with E-state index < -0.39 is 11.9 Å². The van der Waals surface area contributed by atoms with Gasteiger partial charge in [-0.1, -0.05) is 13.0 Å². The molecule has 1 aromatic rings. The first-order chi connectivity index (χ1) is 9.01. The van der Waals surface area contributed by atoms with Gasteiger partial charge in [-0.3, -0.25) is 9.59 Å². The van der Waals surface area contributed by atoms with Crippen LogP contribution < -0.4 is 10.6 Å². The lowest BCUT2D eigenvalue weighted by Crippen LogP contribution is -2.11. The molecule has 0 aromatic heterocycles. The highest BCUT2D eigenvalue weighted by Gasteiger charge is 2.02. The predicted octanol–water partition coefficient (Wildman–Crippen LogP) is 1.61. The number of carbonyl (C=O) groups is 3. The highest BCUT2D eigenvalue weighted by Crippen LogP contribution is 2.15. The van der Waals surface area contributed by atoms with E-state index >= 15 is 0 Å². The van der Waals surface area contributed by atoms with Crippen molar-refractivity contribution >= 4 is 29.2 Å². The number of carboxylic acid groups (broad SMARTS) is 1. The van der Waals surface area contributed by atoms with Crippen molar-refractivity contribution in [3.05, 3.63) is 36.4 Å². The second kappa shape index (κ2) is 6.95. The third kappa shape index (κ3) is 5.49. The van der Waals surface area contributed by atoms with Gasteiger partial charge in [-0.25, -0.2) is 4.79 Å². The van der Waals surface area contributed by atoms with Gasteiger partial charge in [-0.05, 0) is 18.2 Å². The fourth-order valence-electron chi connectivity index (χ4n) is 1.25. The Morgan fingerprint density at radius 3 is 2.37 bits per heavy atom. The summed E-state index contributed by atoms with van der Waals surface area (Å²) < 4.78 is 0. The Morgan fingerprint density at radius 2 is 1.79 bits per heavy atom. The van der Waals surface area contributed by atoms with Gasteiger partial charge < -0.3 is 15.7 Å². The molecule has 100 valence electrons. The largest absolute Gasteiger partial charge is 0.478 e. The Labute approximate surface area is 110 Å². The summed E-state index contributed by atoms with van der Waals surface area (Å²) in [5.41, 5.74) is 1.03. The van der Waals surface area contributed by atoms with Gasteiger partial charge in [0.1, 0.15) is 0 Å². The van der Waals surface area contributed by atoms with Crippen molar-refractivity contribution < 1.29 is 19.5 Å². The third-order valence-electron chi connectivity index (χ3n) is 2.11. The summed E-state index contributed by atoms with van der Waals surface area (Å²) in [5.74, 6) is -1.88. The third-order valence-corrected chi connectivity index (χ3v) is 2.11. The van der Waals surface area contributed by atoms with E-state index in [2.05, 4.69) is 10.6 Å². The van der Waals surface area contributed by atoms with Crippen molar-refractivity contribution in [2.45, 2.75) is 13.3 Å². The second-order valence-corrected chi connectivity index (χ2v) is 3.64. The molecule has 3 N–H and O–H groups in total. The summed E-state index contributed by atoms with van der Waals surface area (Å²) in [5, 5.41) is 13.5. The zero-order valence-electron chi connectivity index (χ0n) is 10.3. The van der Waals surface area contributed by atoms with Gasteiger partial charge in [-0.2, -0.15) is 0 Å². The maximum atomic E-state index is 11.4. The predicted molar refractivity (Wildman–Crippen MR) is 70.8 cm³/mol. The molecule has 0 saturated heterocycles. The molecule has 0 atom stereocenters. The number of rotatable bonds is 5. The molecule has 0 aliphatic rings. The summed E-state index contributed by atoms with van der Waals surface area (Å²) in [6, 6.07) is 6.58. The first-order valence-electron chi connectivity index (χ1n) is 5.63. The average molecular weight is 262 g/mol. The standard InChI is InChI=1S/C13H14N2O4/c1-2-11(16)14-9-4-3-5-10(8-9)15-12(17)6-7-13(18)19/h3-8H,2H2,1H3,(H,14,16)(H,15,17)(H,18,19)/b7-6+. The van der Waals surface area contributed by atoms with Crippen LogP contribution in [0.4, 0.5) is 11.4 Å². The van der Waals surface area contributed by atoms with E-state index in [0.717, 1.165) is 12.2 Å². The van der Waals surface area contributed by atoms with Gasteiger partial charge in [0, 0.05) is 29.9 Å². The summed E-state index contributed by atoms with van der Waals surface area (Å²) in [4.78, 5) is 32.8. The molecule has 0 radical (unpaired) electrons. The first-order valence-corrected chi connectivity index (χ1v) is 5.63. The number of carboxylic acids is 1. The van der Waals surface area contributed by atoms with Gasteiger partial charge in [0.05, 0.1) is 0 Å². The maximum Gasteiger partial charge on any atom is 0.328 e. The number of anilines is 2. The van der Waals surface area contributed by atoms with E-state index in [-0.39, 0.29) is 5.91 Å². The summed E-state index contributed by atoms with van der Waals surface area (Å²) in [7, 11) is 0. The molecule has 0 aliphatic carbocycles. The highest BCUT2D eigenvalue weighted by atomic mass is 16.4. The smallest absolute Gasteiger partial charge is 0.328 e. The van der Waals surface area contributed by atoms with Crippen molar-refractivity contribution in [2.75, 3.05) is 10.6 Å². The van der Waals surface area contributed by atoms with E-state index in [1.807, 2.05) is 0 Å². The Balaban J connectivity index is 2.69. The minimum atomic E-state index is -1.20. The van der Waals surface area contributed by atoms with E-state index in [9.17, 15) is 14.4 Å². The highest BCUT2D eigenvalue weighted by molar-refractivity contribution is 6.02. The molecule has 6 heteroatoms. The van der Waals surface area contributed by atoms with Crippen molar-refractivity contribution in [1.29, 1.82) is 0 Å². The fraction of sp³-hybridized carbons (Fsp3) is 0.154. The fourth-order valence-corrected chi connectivity index (χ4v) is 1.25. The lowest BCUT2D eigenvalue weighted by molar-refractivity contribution is -0.131. The van der Waals surface area contributed by atoms with Gasteiger partial charge in [0.15, 0.2) is 0 Å². The van der Waals surface area contributed by atoms with Gasteiger partial charge >= 0.3 is 5.97 Å². The number of nitrogens with one attached hydrogen (secondary N) is 2. The molecule has 6 nitrogen and oxygen atoms in total. The molecular weight excluding hydrogens is 248 g/mol. The summed E-state index contributed by atoms with van der Waals surface area (Å²) in [6.07, 6.45) is 2.02. The lowest BCUT2D eigenvalue weighted by Gasteiger charge is -2.06. The maximum absolute atomic E-state index is 11.4. The topological polar surface area (TPSA) is 95.5 Å². The number of aliphatic carboxylic acids is 1. The minimum Gasteiger partial charge on any atom is -0.478 e. The van der Waals surface area contributed by atoms with Gasteiger partial charge in [-0.15, -0.1) is 0 Å². The molecule has 1 rings (SSSR count). The summed E-state index contributed by atoms with van der Waals surface area (Å²) in [6.45, 7) is 1.73. The van der Waals surface area contributed by atoms with Crippen LogP contribution in [0.1, 0.15) is 13.3 Å². The zero-order valence-corrected chi connectivity index (χ0v) is 10.3. The van der Waals surface area contributed by atoms with Crippen molar-refractivity contribution in [3.8, 4) is 0 Å². The molecule has 0 spiro atoms. The van der Waals surface area contributed by atoms with Gasteiger partial charge in [0.25, 0.3) is 0 Å². The molecule has 0 unspecified atom stereocenters. The second-order valence-electron chi connectivity index (χ2n) is 3.64. The molecule has 0 saturated carbocycles. The lowest BCUT2D eigenvalue weighted by atomic mass is 10.2. The van der Waals surface area contributed by atoms with Crippen molar-refractivity contribution in [3.63, 3.8) is 0 Å². The van der Waals surface area contributed by atoms with Crippen LogP contribution >= 0.6 is 0 Å². The quantitative estimate of drug-likeness (QED) is 0.702. The number of amides is 2. The molecule has 1 aromatic carbocycles. The summed E-state index contributed by atoms with van der Waals surface area (Å²) >= 11 is 0. The van der Waals surface area contributed by atoms with Crippen molar-refractivity contribution in [1.82, 2.24) is 0 Å². The number of carbonyl (C=O) groups excluding carboxylic acids is 2. The zero-order chi connectivity index (χ0) is 14.3. The normalized spacial score (nSPS) is 10.2. The molecule has 0 heterocycles. The minimum absolute atomic E-state index is 0.130. The van der Waals surface area contributed by atoms with Crippen LogP contribution in [0.3, 0.4) is 0 Å². The van der Waals surface area contributed by atoms with Crippen LogP contribution in [0.2, 0.25) is 0 Å². The Hall–Kier alpha value is -2.63. The van der Waals surface area contributed by atoms with Gasteiger partial charge in [0.2, 0.25) is 11.8 Å². The number of benzene rings is 1. The number of hydrogen-bond donors (Lipinski definition) is 3. The van der Waals surface area contributed by atoms with E-state index in [0.29, 0.717) is 17.8 Å². The first kappa shape index (κ1) is 14.4. The molecule has 0 bridgehead atoms. The van der Waals surface area contributed by atoms with Crippen LogP contribution in [0, 0.1) is 0 Å². The van der Waals surface area contributed by atoms with Crippen LogP contribution in [-0.2, 0) is 14.4 Å². The molecule has 0 fully saturated rings. The van der Waals surface area contributed by atoms with Crippen LogP contribution in [0.25, 0.3) is 0 Å². The Morgan fingerprint density at radius 1 is 1.16 bits per heavy atom. The van der Waals surface area contributed by atoms with Crippen LogP contribution in [-0.4, -0.2) is 22.9 Å². The van der Waals surface area contributed by atoms with E-state index in [4.69, 9.17) is 5.11 Å².